The Morgan fingerprint density at radius 1 is 1.12 bits per heavy atom. The van der Waals surface area contributed by atoms with Crippen LogP contribution in [0.15, 0.2) is 54.6 Å². The summed E-state index contributed by atoms with van der Waals surface area (Å²) < 4.78 is 0. The van der Waals surface area contributed by atoms with Crippen molar-refractivity contribution >= 4 is 35.0 Å². The van der Waals surface area contributed by atoms with E-state index < -0.39 is 0 Å². The lowest BCUT2D eigenvalue weighted by Gasteiger charge is -2.16. The standard InChI is InChI=1S/C21H20N2O3/c1-15(24)22-18-10-7-16(8-11-18)9-12-20(25)17-4-2-5-19(14-17)23-13-3-6-21(23)26/h2,4-5,7-12,14H,3,6,13H2,1H3,(H,22,24). The van der Waals surface area contributed by atoms with Crippen LogP contribution in [0.1, 0.15) is 35.7 Å². The van der Waals surface area contributed by atoms with E-state index in [9.17, 15) is 14.4 Å². The first-order valence-corrected chi connectivity index (χ1v) is 8.53. The number of ketones is 1. The lowest BCUT2D eigenvalue weighted by molar-refractivity contribution is -0.117. The molecule has 26 heavy (non-hydrogen) atoms. The van der Waals surface area contributed by atoms with E-state index in [1.165, 1.54) is 13.0 Å². The van der Waals surface area contributed by atoms with Crippen molar-refractivity contribution in [3.63, 3.8) is 0 Å². The fourth-order valence-electron chi connectivity index (χ4n) is 2.90. The molecule has 0 unspecified atom stereocenters. The van der Waals surface area contributed by atoms with Gasteiger partial charge >= 0.3 is 0 Å². The zero-order valence-electron chi connectivity index (χ0n) is 14.6. The highest BCUT2D eigenvalue weighted by molar-refractivity contribution is 6.08. The number of rotatable bonds is 5. The number of carbonyl (C=O) groups excluding carboxylic acids is 3. The summed E-state index contributed by atoms with van der Waals surface area (Å²) in [5.74, 6) is -0.145. The van der Waals surface area contributed by atoms with Crippen molar-refractivity contribution in [1.82, 2.24) is 0 Å². The van der Waals surface area contributed by atoms with Crippen LogP contribution in [0.3, 0.4) is 0 Å². The molecule has 5 nitrogen and oxygen atoms in total. The molecule has 0 saturated carbocycles. The first-order valence-electron chi connectivity index (χ1n) is 8.53. The Hall–Kier alpha value is -3.21. The van der Waals surface area contributed by atoms with Gasteiger partial charge in [-0.25, -0.2) is 0 Å². The third-order valence-electron chi connectivity index (χ3n) is 4.17. The molecule has 0 spiro atoms. The predicted molar refractivity (Wildman–Crippen MR) is 102 cm³/mol. The molecule has 1 aliphatic rings. The van der Waals surface area contributed by atoms with Gasteiger partial charge in [0.2, 0.25) is 11.8 Å². The highest BCUT2D eigenvalue weighted by Crippen LogP contribution is 2.22. The van der Waals surface area contributed by atoms with E-state index in [-0.39, 0.29) is 17.6 Å². The number of hydrogen-bond donors (Lipinski definition) is 1. The van der Waals surface area contributed by atoms with Crippen LogP contribution in [0.5, 0.6) is 0 Å². The van der Waals surface area contributed by atoms with E-state index in [0.29, 0.717) is 24.2 Å². The van der Waals surface area contributed by atoms with E-state index >= 15 is 0 Å². The van der Waals surface area contributed by atoms with Gasteiger partial charge in [0.25, 0.3) is 0 Å². The van der Waals surface area contributed by atoms with Crippen LogP contribution in [-0.4, -0.2) is 24.1 Å². The average Bonchev–Trinajstić information content (AvgIpc) is 3.06. The molecule has 3 rings (SSSR count). The first-order chi connectivity index (χ1) is 12.5. The lowest BCUT2D eigenvalue weighted by atomic mass is 10.1. The third-order valence-corrected chi connectivity index (χ3v) is 4.17. The van der Waals surface area contributed by atoms with Crippen LogP contribution in [-0.2, 0) is 9.59 Å². The van der Waals surface area contributed by atoms with Crippen molar-refractivity contribution in [3.05, 3.63) is 65.7 Å². The summed E-state index contributed by atoms with van der Waals surface area (Å²) in [5, 5.41) is 2.70. The number of hydrogen-bond acceptors (Lipinski definition) is 3. The zero-order valence-corrected chi connectivity index (χ0v) is 14.6. The predicted octanol–water partition coefficient (Wildman–Crippen LogP) is 3.67. The summed E-state index contributed by atoms with van der Waals surface area (Å²) in [4.78, 5) is 37.0. The molecule has 0 radical (unpaired) electrons. The van der Waals surface area contributed by atoms with Crippen molar-refractivity contribution in [3.8, 4) is 0 Å². The largest absolute Gasteiger partial charge is 0.326 e. The summed E-state index contributed by atoms with van der Waals surface area (Å²) in [5.41, 5.74) is 2.89. The topological polar surface area (TPSA) is 66.5 Å². The maximum absolute atomic E-state index is 12.4. The van der Waals surface area contributed by atoms with E-state index in [1.807, 2.05) is 18.2 Å². The molecule has 1 N–H and O–H groups in total. The molecule has 0 aromatic heterocycles. The highest BCUT2D eigenvalue weighted by Gasteiger charge is 2.21. The van der Waals surface area contributed by atoms with Crippen LogP contribution in [0, 0.1) is 0 Å². The SMILES string of the molecule is CC(=O)Nc1ccc(C=CC(=O)c2cccc(N3CCCC3=O)c2)cc1. The molecule has 5 heteroatoms. The van der Waals surface area contributed by atoms with Crippen molar-refractivity contribution in [2.24, 2.45) is 0 Å². The maximum atomic E-state index is 12.4. The summed E-state index contributed by atoms with van der Waals surface area (Å²) in [6, 6.07) is 14.4. The third kappa shape index (κ3) is 4.25. The van der Waals surface area contributed by atoms with E-state index in [4.69, 9.17) is 0 Å². The minimum absolute atomic E-state index is 0.101. The second kappa shape index (κ2) is 7.78. The fraction of sp³-hybridized carbons (Fsp3) is 0.190. The van der Waals surface area contributed by atoms with E-state index in [1.54, 1.807) is 41.3 Å². The van der Waals surface area contributed by atoms with Crippen LogP contribution in [0.25, 0.3) is 6.08 Å². The molecule has 1 aliphatic heterocycles. The number of nitrogens with one attached hydrogen (secondary N) is 1. The van der Waals surface area contributed by atoms with Crippen LogP contribution < -0.4 is 10.2 Å². The van der Waals surface area contributed by atoms with Gasteiger partial charge < -0.3 is 10.2 Å². The van der Waals surface area contributed by atoms with Crippen molar-refractivity contribution in [1.29, 1.82) is 0 Å². The average molecular weight is 348 g/mol. The second-order valence-electron chi connectivity index (χ2n) is 6.20. The Kier molecular flexibility index (Phi) is 5.27. The van der Waals surface area contributed by atoms with Gasteiger partial charge in [0.15, 0.2) is 5.78 Å². The number of allylic oxidation sites excluding steroid dienone is 1. The quantitative estimate of drug-likeness (QED) is 0.662. The molecule has 1 saturated heterocycles. The van der Waals surface area contributed by atoms with Crippen LogP contribution >= 0.6 is 0 Å². The Bertz CT molecular complexity index is 869. The van der Waals surface area contributed by atoms with Gasteiger partial charge in [-0.3, -0.25) is 14.4 Å². The Morgan fingerprint density at radius 2 is 1.88 bits per heavy atom. The Labute approximate surface area is 152 Å². The smallest absolute Gasteiger partial charge is 0.227 e. The molecule has 132 valence electrons. The van der Waals surface area contributed by atoms with Crippen molar-refractivity contribution < 1.29 is 14.4 Å². The van der Waals surface area contributed by atoms with E-state index in [2.05, 4.69) is 5.32 Å². The molecule has 2 amide bonds. The van der Waals surface area contributed by atoms with Gasteiger partial charge in [0, 0.05) is 36.8 Å². The Balaban J connectivity index is 1.70. The normalized spacial score (nSPS) is 14.0. The van der Waals surface area contributed by atoms with Gasteiger partial charge in [-0.2, -0.15) is 0 Å². The molecular weight excluding hydrogens is 328 g/mol. The fourth-order valence-corrected chi connectivity index (χ4v) is 2.90. The number of anilines is 2. The number of benzene rings is 2. The summed E-state index contributed by atoms with van der Waals surface area (Å²) in [7, 11) is 0. The monoisotopic (exact) mass is 348 g/mol. The molecule has 0 atom stereocenters. The molecule has 0 bridgehead atoms. The molecular formula is C21H20N2O3. The highest BCUT2D eigenvalue weighted by atomic mass is 16.2. The lowest BCUT2D eigenvalue weighted by Crippen LogP contribution is -2.23. The Morgan fingerprint density at radius 3 is 2.54 bits per heavy atom. The van der Waals surface area contributed by atoms with Crippen molar-refractivity contribution in [2.75, 3.05) is 16.8 Å². The summed E-state index contributed by atoms with van der Waals surface area (Å²) >= 11 is 0. The van der Waals surface area contributed by atoms with E-state index in [0.717, 1.165) is 17.7 Å². The van der Waals surface area contributed by atoms with Crippen LogP contribution in [0.4, 0.5) is 11.4 Å². The van der Waals surface area contributed by atoms with Gasteiger partial charge in [-0.15, -0.1) is 0 Å². The zero-order chi connectivity index (χ0) is 18.5. The summed E-state index contributed by atoms with van der Waals surface area (Å²) in [6.07, 6.45) is 4.66. The van der Waals surface area contributed by atoms with Crippen LogP contribution in [0.2, 0.25) is 0 Å². The van der Waals surface area contributed by atoms with Crippen molar-refractivity contribution in [2.45, 2.75) is 19.8 Å². The first kappa shape index (κ1) is 17.6. The minimum atomic E-state index is -0.125. The summed E-state index contributed by atoms with van der Waals surface area (Å²) in [6.45, 7) is 2.16. The second-order valence-corrected chi connectivity index (χ2v) is 6.20. The minimum Gasteiger partial charge on any atom is -0.326 e. The molecule has 1 heterocycles. The molecule has 2 aromatic carbocycles. The maximum Gasteiger partial charge on any atom is 0.227 e. The van der Waals surface area contributed by atoms with Gasteiger partial charge in [0.05, 0.1) is 0 Å². The van der Waals surface area contributed by atoms with Gasteiger partial charge in [0.1, 0.15) is 0 Å². The molecule has 1 fully saturated rings. The number of nitrogens with zero attached hydrogens (tertiary/aromatic N) is 1. The number of amides is 2. The van der Waals surface area contributed by atoms with Gasteiger partial charge in [-0.05, 0) is 42.3 Å². The molecule has 2 aromatic rings. The molecule has 0 aliphatic carbocycles. The number of carbonyl (C=O) groups is 3. The van der Waals surface area contributed by atoms with Gasteiger partial charge in [-0.1, -0.05) is 30.3 Å².